The quantitative estimate of drug-likeness (QED) is 0.570. The second kappa shape index (κ2) is 4.61. The Labute approximate surface area is 78.0 Å². The number of hydrogen-bond acceptors (Lipinski definition) is 0. The van der Waals surface area contributed by atoms with E-state index in [1.54, 1.807) is 0 Å². The topological polar surface area (TPSA) is 0 Å². The third kappa shape index (κ3) is 2.05. The molecule has 0 aliphatic heterocycles. The van der Waals surface area contributed by atoms with Crippen molar-refractivity contribution in [3.05, 3.63) is 55.2 Å². The number of fused-ring (bicyclic) bond motifs is 1. The van der Waals surface area contributed by atoms with E-state index in [0.717, 1.165) is 0 Å². The van der Waals surface area contributed by atoms with Gasteiger partial charge in [0.05, 0.1) is 0 Å². The van der Waals surface area contributed by atoms with E-state index in [9.17, 15) is 0 Å². The minimum Gasteiger partial charge on any atom is -0.241 e. The highest BCUT2D eigenvalue weighted by molar-refractivity contribution is 5.85. The standard InChI is InChI=1S/C11H10.CHF/c1-9-5-4-7-10-6-2-3-8-11(9)10;1-2/h2-8H,1H3;1H. The van der Waals surface area contributed by atoms with Crippen molar-refractivity contribution in [1.29, 1.82) is 0 Å². The van der Waals surface area contributed by atoms with Crippen LogP contribution in [0.4, 0.5) is 4.39 Å². The lowest BCUT2D eigenvalue weighted by Crippen LogP contribution is -1.75. The van der Waals surface area contributed by atoms with Crippen molar-refractivity contribution < 1.29 is 4.39 Å². The minimum atomic E-state index is 1.33. The predicted octanol–water partition coefficient (Wildman–Crippen LogP) is 3.77. The van der Waals surface area contributed by atoms with Crippen LogP contribution < -0.4 is 0 Å². The fourth-order valence-electron chi connectivity index (χ4n) is 1.39. The Balaban J connectivity index is 0.000000396. The zero-order chi connectivity index (χ0) is 9.68. The van der Waals surface area contributed by atoms with Crippen LogP contribution in [0, 0.1) is 14.1 Å². The first-order chi connectivity index (χ1) is 6.38. The Morgan fingerprint density at radius 2 is 1.54 bits per heavy atom. The summed E-state index contributed by atoms with van der Waals surface area (Å²) in [6.45, 7) is 2.14. The largest absolute Gasteiger partial charge is 0.241 e. The molecular formula is C12H11F. The molecule has 0 nitrogen and oxygen atoms in total. The summed E-state index contributed by atoms with van der Waals surface area (Å²) in [7, 11) is 3.00. The Morgan fingerprint density at radius 3 is 2.23 bits per heavy atom. The molecule has 0 heterocycles. The van der Waals surface area contributed by atoms with Crippen molar-refractivity contribution in [2.45, 2.75) is 6.92 Å². The minimum absolute atomic E-state index is 1.33. The summed E-state index contributed by atoms with van der Waals surface area (Å²) in [6, 6.07) is 14.8. The van der Waals surface area contributed by atoms with Gasteiger partial charge >= 0.3 is 0 Å². The van der Waals surface area contributed by atoms with Crippen LogP contribution in [0.15, 0.2) is 42.5 Å². The van der Waals surface area contributed by atoms with Crippen LogP contribution in [-0.2, 0) is 0 Å². The lowest BCUT2D eigenvalue weighted by molar-refractivity contribution is 0.713. The van der Waals surface area contributed by atoms with Crippen LogP contribution in [0.3, 0.4) is 0 Å². The lowest BCUT2D eigenvalue weighted by Gasteiger charge is -1.98. The average molecular weight is 174 g/mol. The van der Waals surface area contributed by atoms with Crippen LogP contribution >= 0.6 is 0 Å². The van der Waals surface area contributed by atoms with Crippen LogP contribution in [0.25, 0.3) is 10.8 Å². The highest BCUT2D eigenvalue weighted by Crippen LogP contribution is 2.16. The zero-order valence-corrected chi connectivity index (χ0v) is 7.50. The maximum Gasteiger partial charge on any atom is 0.168 e. The molecule has 0 aliphatic carbocycles. The Hall–Kier alpha value is -1.37. The van der Waals surface area contributed by atoms with E-state index >= 15 is 0 Å². The van der Waals surface area contributed by atoms with Crippen LogP contribution in [0.5, 0.6) is 0 Å². The van der Waals surface area contributed by atoms with Crippen molar-refractivity contribution in [1.82, 2.24) is 0 Å². The Bertz CT molecular complexity index is 374. The summed E-state index contributed by atoms with van der Waals surface area (Å²) in [6.07, 6.45) is 0. The fourth-order valence-corrected chi connectivity index (χ4v) is 1.39. The summed E-state index contributed by atoms with van der Waals surface area (Å²) in [5.74, 6) is 0. The van der Waals surface area contributed by atoms with Crippen molar-refractivity contribution in [2.75, 3.05) is 0 Å². The Morgan fingerprint density at radius 1 is 0.923 bits per heavy atom. The summed E-state index contributed by atoms with van der Waals surface area (Å²) >= 11 is 0. The van der Waals surface area contributed by atoms with E-state index in [4.69, 9.17) is 4.39 Å². The molecule has 66 valence electrons. The molecule has 2 aromatic rings. The first-order valence-corrected chi connectivity index (χ1v) is 4.04. The smallest absolute Gasteiger partial charge is 0.168 e. The highest BCUT2D eigenvalue weighted by Gasteiger charge is 1.91. The van der Waals surface area contributed by atoms with E-state index in [2.05, 4.69) is 56.6 Å². The fraction of sp³-hybridized carbons (Fsp3) is 0.0833. The number of aryl methyl sites for hydroxylation is 1. The van der Waals surface area contributed by atoms with Gasteiger partial charge in [0, 0.05) is 0 Å². The molecule has 0 unspecified atom stereocenters. The summed E-state index contributed by atoms with van der Waals surface area (Å²) in [5, 5.41) is 2.68. The molecule has 0 aromatic heterocycles. The molecule has 2 aromatic carbocycles. The predicted molar refractivity (Wildman–Crippen MR) is 54.1 cm³/mol. The second-order valence-corrected chi connectivity index (χ2v) is 2.80. The molecular weight excluding hydrogens is 163 g/mol. The normalized spacial score (nSPS) is 9.15. The number of hydrogen-bond donors (Lipinski definition) is 0. The number of benzene rings is 2. The van der Waals surface area contributed by atoms with Crippen molar-refractivity contribution in [2.24, 2.45) is 0 Å². The van der Waals surface area contributed by atoms with Gasteiger partial charge in [-0.15, -0.1) is 0 Å². The van der Waals surface area contributed by atoms with Gasteiger partial charge < -0.3 is 0 Å². The van der Waals surface area contributed by atoms with E-state index < -0.39 is 0 Å². The molecule has 2 rings (SSSR count). The van der Waals surface area contributed by atoms with Gasteiger partial charge in [0.25, 0.3) is 0 Å². The van der Waals surface area contributed by atoms with Gasteiger partial charge in [0.1, 0.15) is 0 Å². The van der Waals surface area contributed by atoms with Crippen molar-refractivity contribution in [3.63, 3.8) is 0 Å². The molecule has 0 spiro atoms. The van der Waals surface area contributed by atoms with Crippen LogP contribution in [-0.4, -0.2) is 0 Å². The SMILES string of the molecule is Cc1cccc2ccccc12.[CH]F. The number of halogens is 1. The van der Waals surface area contributed by atoms with Gasteiger partial charge in [-0.1, -0.05) is 42.5 Å². The molecule has 0 atom stereocenters. The van der Waals surface area contributed by atoms with Gasteiger partial charge in [-0.05, 0) is 23.3 Å². The first kappa shape index (κ1) is 9.72. The molecule has 0 amide bonds. The molecule has 0 fully saturated rings. The molecule has 0 bridgehead atoms. The molecule has 1 heteroatoms. The summed E-state index contributed by atoms with van der Waals surface area (Å²) in [5.41, 5.74) is 1.35. The third-order valence-corrected chi connectivity index (χ3v) is 2.01. The maximum atomic E-state index is 9.00. The van der Waals surface area contributed by atoms with Gasteiger partial charge in [-0.25, -0.2) is 4.39 Å². The molecule has 13 heavy (non-hydrogen) atoms. The zero-order valence-electron chi connectivity index (χ0n) is 7.50. The maximum absolute atomic E-state index is 9.00. The lowest BCUT2D eigenvalue weighted by atomic mass is 10.1. The van der Waals surface area contributed by atoms with E-state index in [-0.39, 0.29) is 0 Å². The van der Waals surface area contributed by atoms with Crippen molar-refractivity contribution in [3.8, 4) is 0 Å². The number of rotatable bonds is 0. The first-order valence-electron chi connectivity index (χ1n) is 4.04. The van der Waals surface area contributed by atoms with Gasteiger partial charge in [0.2, 0.25) is 0 Å². The van der Waals surface area contributed by atoms with E-state index in [0.29, 0.717) is 0 Å². The molecule has 0 N–H and O–H groups in total. The monoisotopic (exact) mass is 174 g/mol. The van der Waals surface area contributed by atoms with Gasteiger partial charge in [-0.3, -0.25) is 0 Å². The second-order valence-electron chi connectivity index (χ2n) is 2.80. The third-order valence-electron chi connectivity index (χ3n) is 2.01. The Kier molecular flexibility index (Phi) is 3.44. The summed E-state index contributed by atoms with van der Waals surface area (Å²) in [4.78, 5) is 0. The highest BCUT2D eigenvalue weighted by atomic mass is 19.1. The molecule has 0 saturated carbocycles. The molecule has 0 aliphatic rings. The van der Waals surface area contributed by atoms with Gasteiger partial charge in [0.15, 0.2) is 7.18 Å². The van der Waals surface area contributed by atoms with E-state index in [1.807, 2.05) is 0 Å². The van der Waals surface area contributed by atoms with Crippen LogP contribution in [0.2, 0.25) is 0 Å². The summed E-state index contributed by atoms with van der Waals surface area (Å²) < 4.78 is 9.00. The van der Waals surface area contributed by atoms with Crippen molar-refractivity contribution >= 4 is 10.8 Å². The van der Waals surface area contributed by atoms with Gasteiger partial charge in [-0.2, -0.15) is 0 Å². The molecule has 2 radical (unpaired) electrons. The average Bonchev–Trinajstić information content (AvgIpc) is 2.22. The van der Waals surface area contributed by atoms with E-state index in [1.165, 1.54) is 16.3 Å². The molecule has 0 saturated heterocycles. The van der Waals surface area contributed by atoms with Crippen LogP contribution in [0.1, 0.15) is 5.56 Å².